The molecule has 0 saturated carbocycles. The van der Waals surface area contributed by atoms with Crippen LogP contribution >= 0.6 is 8.03 Å². The van der Waals surface area contributed by atoms with Crippen LogP contribution in [0, 0.1) is 0 Å². The van der Waals surface area contributed by atoms with E-state index >= 15 is 0 Å². The van der Waals surface area contributed by atoms with Gasteiger partial charge in [-0.2, -0.15) is 4.89 Å². The summed E-state index contributed by atoms with van der Waals surface area (Å²) in [6.45, 7) is 5.71. The van der Waals surface area contributed by atoms with Crippen LogP contribution in [0.5, 0.6) is 0 Å². The zero-order valence-electron chi connectivity index (χ0n) is 7.75. The van der Waals surface area contributed by atoms with Gasteiger partial charge in [0.05, 0.1) is 0 Å². The van der Waals surface area contributed by atoms with Crippen LogP contribution in [0.4, 0.5) is 0 Å². The van der Waals surface area contributed by atoms with E-state index in [9.17, 15) is 4.57 Å². The fraction of sp³-hybridized carbons (Fsp3) is 0.778. The minimum Gasteiger partial charge on any atom is -0.156 e. The van der Waals surface area contributed by atoms with E-state index in [0.717, 1.165) is 12.8 Å². The standard InChI is InChI=1S/C9H17O2P/c1-3-4-5-6-7-8-9(2)12(10)11/h2-8H2,1H3/p+1. The number of hydrogen-bond donors (Lipinski definition) is 1. The number of hydrogen-bond acceptors (Lipinski definition) is 1. The van der Waals surface area contributed by atoms with E-state index in [4.69, 9.17) is 4.89 Å². The average Bonchev–Trinajstić information content (AvgIpc) is 2.03. The van der Waals surface area contributed by atoms with Crippen LogP contribution in [0.1, 0.15) is 45.4 Å². The highest BCUT2D eigenvalue weighted by atomic mass is 31.1. The smallest absolute Gasteiger partial charge is 0.156 e. The van der Waals surface area contributed by atoms with Gasteiger partial charge in [0.2, 0.25) is 0 Å². The Kier molecular flexibility index (Phi) is 7.33. The molecule has 0 aromatic carbocycles. The summed E-state index contributed by atoms with van der Waals surface area (Å²) in [6.07, 6.45) is 6.57. The van der Waals surface area contributed by atoms with Gasteiger partial charge >= 0.3 is 8.03 Å². The molecule has 2 nitrogen and oxygen atoms in total. The van der Waals surface area contributed by atoms with E-state index in [-0.39, 0.29) is 0 Å². The van der Waals surface area contributed by atoms with E-state index in [1.54, 1.807) is 0 Å². The molecule has 0 amide bonds. The van der Waals surface area contributed by atoms with Crippen molar-refractivity contribution < 1.29 is 9.46 Å². The summed E-state index contributed by atoms with van der Waals surface area (Å²) in [5, 5.41) is 0.487. The highest BCUT2D eigenvalue weighted by molar-refractivity contribution is 7.43. The van der Waals surface area contributed by atoms with Gasteiger partial charge in [-0.05, 0) is 17.6 Å². The van der Waals surface area contributed by atoms with Crippen molar-refractivity contribution in [2.24, 2.45) is 0 Å². The summed E-state index contributed by atoms with van der Waals surface area (Å²) >= 11 is 0. The molecule has 0 fully saturated rings. The summed E-state index contributed by atoms with van der Waals surface area (Å²) in [5.41, 5.74) is 0. The second kappa shape index (κ2) is 7.45. The maximum Gasteiger partial charge on any atom is 0.540 e. The van der Waals surface area contributed by atoms with Crippen molar-refractivity contribution in [1.29, 1.82) is 0 Å². The van der Waals surface area contributed by atoms with Crippen molar-refractivity contribution in [1.82, 2.24) is 0 Å². The van der Waals surface area contributed by atoms with Crippen LogP contribution in [-0.2, 0) is 4.57 Å². The van der Waals surface area contributed by atoms with E-state index in [0.29, 0.717) is 11.7 Å². The number of rotatable bonds is 7. The summed E-state index contributed by atoms with van der Waals surface area (Å²) in [7, 11) is -2.13. The molecule has 1 atom stereocenters. The molecular weight excluding hydrogens is 171 g/mol. The molecule has 0 bridgehead atoms. The maximum atomic E-state index is 10.5. The average molecular weight is 189 g/mol. The first-order chi connectivity index (χ1) is 5.68. The molecule has 3 heteroatoms. The molecule has 0 rings (SSSR count). The van der Waals surface area contributed by atoms with Crippen molar-refractivity contribution in [2.45, 2.75) is 45.4 Å². The first kappa shape index (κ1) is 11.8. The lowest BCUT2D eigenvalue weighted by molar-refractivity contribution is 0.507. The van der Waals surface area contributed by atoms with Crippen molar-refractivity contribution in [3.8, 4) is 0 Å². The molecule has 0 aromatic rings. The first-order valence-electron chi connectivity index (χ1n) is 4.52. The largest absolute Gasteiger partial charge is 0.540 e. The minimum atomic E-state index is -2.13. The van der Waals surface area contributed by atoms with E-state index in [2.05, 4.69) is 13.5 Å². The summed E-state index contributed by atoms with van der Waals surface area (Å²) < 4.78 is 10.5. The van der Waals surface area contributed by atoms with Gasteiger partial charge in [0, 0.05) is 6.42 Å². The molecule has 0 saturated heterocycles. The molecular formula is C9H18O2P+. The lowest BCUT2D eigenvalue weighted by Crippen LogP contribution is -1.79. The fourth-order valence-corrected chi connectivity index (χ4v) is 1.38. The van der Waals surface area contributed by atoms with E-state index < -0.39 is 8.03 Å². The van der Waals surface area contributed by atoms with Gasteiger partial charge in [-0.1, -0.05) is 32.6 Å². The third-order valence-corrected chi connectivity index (χ3v) is 2.60. The molecule has 0 heterocycles. The zero-order valence-corrected chi connectivity index (χ0v) is 8.65. The summed E-state index contributed by atoms with van der Waals surface area (Å²) in [5.74, 6) is 0. The minimum absolute atomic E-state index is 0.487. The molecule has 70 valence electrons. The molecule has 1 unspecified atom stereocenters. The molecule has 0 spiro atoms. The van der Waals surface area contributed by atoms with Crippen molar-refractivity contribution in [3.05, 3.63) is 11.9 Å². The van der Waals surface area contributed by atoms with Crippen LogP contribution in [-0.4, -0.2) is 4.89 Å². The first-order valence-corrected chi connectivity index (χ1v) is 5.73. The van der Waals surface area contributed by atoms with E-state index in [1.807, 2.05) is 0 Å². The van der Waals surface area contributed by atoms with Crippen LogP contribution in [0.3, 0.4) is 0 Å². The monoisotopic (exact) mass is 189 g/mol. The zero-order chi connectivity index (χ0) is 9.40. The Morgan fingerprint density at radius 3 is 2.42 bits per heavy atom. The maximum absolute atomic E-state index is 10.5. The second-order valence-electron chi connectivity index (χ2n) is 3.00. The Labute approximate surface area is 75.6 Å². The Balaban J connectivity index is 3.20. The number of unbranched alkanes of at least 4 members (excludes halogenated alkanes) is 4. The van der Waals surface area contributed by atoms with E-state index in [1.165, 1.54) is 19.3 Å². The van der Waals surface area contributed by atoms with Gasteiger partial charge in [0.25, 0.3) is 0 Å². The highest BCUT2D eigenvalue weighted by Gasteiger charge is 2.15. The van der Waals surface area contributed by atoms with Gasteiger partial charge in [0.15, 0.2) is 5.31 Å². The third kappa shape index (κ3) is 6.51. The van der Waals surface area contributed by atoms with Crippen LogP contribution in [0.25, 0.3) is 0 Å². The van der Waals surface area contributed by atoms with Gasteiger partial charge in [-0.15, -0.1) is 0 Å². The SMILES string of the molecule is C=C(CCCCCCC)[P+](=O)O. The number of allylic oxidation sites excluding steroid dienone is 1. The lowest BCUT2D eigenvalue weighted by Gasteiger charge is -1.95. The van der Waals surface area contributed by atoms with Gasteiger partial charge in [-0.3, -0.25) is 0 Å². The predicted molar refractivity (Wildman–Crippen MR) is 52.3 cm³/mol. The van der Waals surface area contributed by atoms with Gasteiger partial charge < -0.3 is 0 Å². The summed E-state index contributed by atoms with van der Waals surface area (Å²) in [6, 6.07) is 0. The Bertz CT molecular complexity index is 155. The van der Waals surface area contributed by atoms with Crippen molar-refractivity contribution >= 4 is 8.03 Å². The normalized spacial score (nSPS) is 11.3. The second-order valence-corrected chi connectivity index (χ2v) is 4.18. The Morgan fingerprint density at radius 2 is 1.92 bits per heavy atom. The van der Waals surface area contributed by atoms with Crippen LogP contribution < -0.4 is 0 Å². The Hall–Kier alpha value is -0.200. The molecule has 1 N–H and O–H groups in total. The van der Waals surface area contributed by atoms with Gasteiger partial charge in [-0.25, -0.2) is 0 Å². The molecule has 0 radical (unpaired) electrons. The molecule has 0 aromatic heterocycles. The molecule has 0 aliphatic heterocycles. The Morgan fingerprint density at radius 1 is 1.33 bits per heavy atom. The fourth-order valence-electron chi connectivity index (χ4n) is 1.03. The predicted octanol–water partition coefficient (Wildman–Crippen LogP) is 3.60. The lowest BCUT2D eigenvalue weighted by atomic mass is 10.1. The quantitative estimate of drug-likeness (QED) is 0.490. The highest BCUT2D eigenvalue weighted by Crippen LogP contribution is 2.29. The van der Waals surface area contributed by atoms with Crippen LogP contribution in [0.15, 0.2) is 11.9 Å². The third-order valence-electron chi connectivity index (χ3n) is 1.84. The molecule has 0 aliphatic rings. The van der Waals surface area contributed by atoms with Crippen molar-refractivity contribution in [2.75, 3.05) is 0 Å². The van der Waals surface area contributed by atoms with Gasteiger partial charge in [0.1, 0.15) is 0 Å². The molecule has 0 aliphatic carbocycles. The summed E-state index contributed by atoms with van der Waals surface area (Å²) in [4.78, 5) is 8.63. The topological polar surface area (TPSA) is 37.3 Å². The molecule has 12 heavy (non-hydrogen) atoms. The van der Waals surface area contributed by atoms with Crippen molar-refractivity contribution in [3.63, 3.8) is 0 Å². The van der Waals surface area contributed by atoms with Crippen LogP contribution in [0.2, 0.25) is 0 Å².